The van der Waals surface area contributed by atoms with Crippen LogP contribution < -0.4 is 5.32 Å². The van der Waals surface area contributed by atoms with Gasteiger partial charge in [-0.2, -0.15) is 0 Å². The first kappa shape index (κ1) is 26.3. The molecule has 3 rings (SSSR count). The number of ether oxygens (including phenoxy) is 2. The third-order valence-corrected chi connectivity index (χ3v) is 5.60. The summed E-state index contributed by atoms with van der Waals surface area (Å²) < 4.78 is 10.4. The highest BCUT2D eigenvalue weighted by molar-refractivity contribution is 7.99. The number of carbonyl (C=O) groups is 3. The average molecular weight is 474 g/mol. The lowest BCUT2D eigenvalue weighted by molar-refractivity contribution is -0.143. The molecule has 0 aromatic heterocycles. The van der Waals surface area contributed by atoms with Crippen molar-refractivity contribution in [3.63, 3.8) is 0 Å². The van der Waals surface area contributed by atoms with Gasteiger partial charge in [-0.1, -0.05) is 68.8 Å². The second kappa shape index (κ2) is 14.2. The number of carboxylic acid groups (broad SMARTS) is 1. The van der Waals surface area contributed by atoms with Gasteiger partial charge >= 0.3 is 18.0 Å². The van der Waals surface area contributed by atoms with E-state index in [1.807, 2.05) is 24.3 Å². The molecule has 178 valence electrons. The summed E-state index contributed by atoms with van der Waals surface area (Å²) in [5, 5.41) is 11.1. The Morgan fingerprint density at radius 1 is 0.970 bits per heavy atom. The van der Waals surface area contributed by atoms with Crippen LogP contribution in [0.4, 0.5) is 4.79 Å². The normalized spacial score (nSPS) is 11.5. The first-order chi connectivity index (χ1) is 16.0. The fourth-order valence-electron chi connectivity index (χ4n) is 3.35. The van der Waals surface area contributed by atoms with E-state index in [-0.39, 0.29) is 37.9 Å². The van der Waals surface area contributed by atoms with Gasteiger partial charge in [0, 0.05) is 11.7 Å². The third-order valence-electron chi connectivity index (χ3n) is 4.65. The highest BCUT2D eigenvalue weighted by Crippen LogP contribution is 2.44. The number of rotatable bonds is 10. The van der Waals surface area contributed by atoms with Crippen molar-refractivity contribution >= 4 is 29.8 Å². The predicted octanol–water partition coefficient (Wildman–Crippen LogP) is 4.69. The maximum Gasteiger partial charge on any atom is 0.407 e. The van der Waals surface area contributed by atoms with E-state index in [9.17, 15) is 14.4 Å². The molecule has 0 bridgehead atoms. The number of thioether (sulfide) groups is 1. The van der Waals surface area contributed by atoms with Crippen LogP contribution in [0, 0.1) is 0 Å². The van der Waals surface area contributed by atoms with E-state index in [1.54, 1.807) is 0 Å². The largest absolute Gasteiger partial charge is 0.481 e. The van der Waals surface area contributed by atoms with E-state index in [0.717, 1.165) is 34.0 Å². The number of nitrogens with one attached hydrogen (secondary N) is 1. The maximum atomic E-state index is 12.0. The second-order valence-corrected chi connectivity index (χ2v) is 8.48. The van der Waals surface area contributed by atoms with Crippen LogP contribution in [0.15, 0.2) is 48.5 Å². The minimum Gasteiger partial charge on any atom is -0.481 e. The topological polar surface area (TPSA) is 102 Å². The van der Waals surface area contributed by atoms with E-state index >= 15 is 0 Å². The number of amides is 1. The molecule has 0 fully saturated rings. The molecule has 1 aliphatic rings. The molecule has 0 heterocycles. The fraction of sp³-hybridized carbons (Fsp3) is 0.400. The van der Waals surface area contributed by atoms with Crippen molar-refractivity contribution < 1.29 is 29.0 Å². The fourth-order valence-corrected chi connectivity index (χ4v) is 3.98. The Labute approximate surface area is 198 Å². The van der Waals surface area contributed by atoms with E-state index in [0.29, 0.717) is 5.75 Å². The smallest absolute Gasteiger partial charge is 0.407 e. The van der Waals surface area contributed by atoms with Crippen molar-refractivity contribution in [3.05, 3.63) is 59.7 Å². The van der Waals surface area contributed by atoms with Crippen molar-refractivity contribution in [3.8, 4) is 11.1 Å². The molecule has 0 saturated heterocycles. The van der Waals surface area contributed by atoms with Gasteiger partial charge in [-0.3, -0.25) is 9.59 Å². The van der Waals surface area contributed by atoms with Crippen LogP contribution in [0.1, 0.15) is 43.7 Å². The van der Waals surface area contributed by atoms with Gasteiger partial charge in [-0.15, -0.1) is 11.8 Å². The van der Waals surface area contributed by atoms with Gasteiger partial charge in [0.1, 0.15) is 13.2 Å². The summed E-state index contributed by atoms with van der Waals surface area (Å²) in [5.74, 6) is -1.02. The Bertz CT molecular complexity index is 887. The van der Waals surface area contributed by atoms with Gasteiger partial charge < -0.3 is 19.9 Å². The lowest BCUT2D eigenvalue weighted by Gasteiger charge is -2.14. The van der Waals surface area contributed by atoms with E-state index in [1.165, 1.54) is 6.42 Å². The molecular weight excluding hydrogens is 442 g/mol. The molecular formula is C25H31NO6S. The number of hydrogen-bond acceptors (Lipinski definition) is 6. The monoisotopic (exact) mass is 473 g/mol. The first-order valence-electron chi connectivity index (χ1n) is 11.0. The zero-order valence-electron chi connectivity index (χ0n) is 19.0. The summed E-state index contributed by atoms with van der Waals surface area (Å²) in [4.78, 5) is 33.9. The second-order valence-electron chi connectivity index (χ2n) is 7.38. The SMILES string of the molecule is CCC.O=C(O)CSCCC(=O)OCCNC(=O)OCC1c2ccccc2-c2ccccc21. The predicted molar refractivity (Wildman–Crippen MR) is 130 cm³/mol. The quantitative estimate of drug-likeness (QED) is 0.381. The summed E-state index contributed by atoms with van der Waals surface area (Å²) in [5.41, 5.74) is 4.61. The number of alkyl carbamates (subject to hydrolysis) is 1. The molecule has 7 nitrogen and oxygen atoms in total. The molecule has 2 N–H and O–H groups in total. The lowest BCUT2D eigenvalue weighted by Crippen LogP contribution is -2.29. The molecule has 0 saturated carbocycles. The van der Waals surface area contributed by atoms with Crippen molar-refractivity contribution in [2.45, 2.75) is 32.6 Å². The summed E-state index contributed by atoms with van der Waals surface area (Å²) in [6, 6.07) is 16.2. The molecule has 33 heavy (non-hydrogen) atoms. The summed E-state index contributed by atoms with van der Waals surface area (Å²) in [6.45, 7) is 4.65. The van der Waals surface area contributed by atoms with Gasteiger partial charge in [0.2, 0.25) is 0 Å². The van der Waals surface area contributed by atoms with Gasteiger partial charge in [0.15, 0.2) is 0 Å². The van der Waals surface area contributed by atoms with E-state index in [4.69, 9.17) is 14.6 Å². The minimum absolute atomic E-state index is 0.00993. The molecule has 0 radical (unpaired) electrons. The molecule has 0 atom stereocenters. The number of benzene rings is 2. The molecule has 8 heteroatoms. The van der Waals surface area contributed by atoms with Crippen molar-refractivity contribution in [2.24, 2.45) is 0 Å². The van der Waals surface area contributed by atoms with Crippen LogP contribution in [-0.4, -0.2) is 54.4 Å². The number of carboxylic acids is 1. The van der Waals surface area contributed by atoms with Gasteiger partial charge in [0.05, 0.1) is 18.7 Å². The Kier molecular flexibility index (Phi) is 11.3. The molecule has 0 spiro atoms. The number of esters is 1. The highest BCUT2D eigenvalue weighted by atomic mass is 32.2. The van der Waals surface area contributed by atoms with Crippen molar-refractivity contribution in [1.29, 1.82) is 0 Å². The van der Waals surface area contributed by atoms with Gasteiger partial charge in [-0.05, 0) is 22.3 Å². The van der Waals surface area contributed by atoms with E-state index in [2.05, 4.69) is 43.4 Å². The number of hydrogen-bond donors (Lipinski definition) is 2. The first-order valence-corrected chi connectivity index (χ1v) is 12.2. The Balaban J connectivity index is 0.00000122. The van der Waals surface area contributed by atoms with Crippen LogP contribution in [-0.2, 0) is 19.1 Å². The number of aliphatic carboxylic acids is 1. The number of fused-ring (bicyclic) bond motifs is 3. The van der Waals surface area contributed by atoms with Crippen LogP contribution >= 0.6 is 11.8 Å². The Hall–Kier alpha value is -3.00. The Morgan fingerprint density at radius 2 is 1.55 bits per heavy atom. The van der Waals surface area contributed by atoms with Crippen molar-refractivity contribution in [1.82, 2.24) is 5.32 Å². The zero-order valence-corrected chi connectivity index (χ0v) is 19.9. The van der Waals surface area contributed by atoms with Crippen LogP contribution in [0.2, 0.25) is 0 Å². The van der Waals surface area contributed by atoms with Crippen LogP contribution in [0.25, 0.3) is 11.1 Å². The molecule has 1 aliphatic carbocycles. The standard InChI is InChI=1S/C22H23NO6S.C3H8/c24-20(25)14-30-12-9-21(26)28-11-10-23-22(27)29-13-19-17-7-3-1-5-15(17)16-6-2-4-8-18(16)19;1-3-2/h1-8,19H,9-14H2,(H,23,27)(H,24,25);3H2,1-2H3. The molecule has 0 unspecified atom stereocenters. The average Bonchev–Trinajstić information content (AvgIpc) is 3.12. The van der Waals surface area contributed by atoms with Crippen LogP contribution in [0.3, 0.4) is 0 Å². The zero-order chi connectivity index (χ0) is 24.1. The Morgan fingerprint density at radius 3 is 2.12 bits per heavy atom. The van der Waals surface area contributed by atoms with Crippen LogP contribution in [0.5, 0.6) is 0 Å². The van der Waals surface area contributed by atoms with Crippen molar-refractivity contribution in [2.75, 3.05) is 31.3 Å². The third kappa shape index (κ3) is 8.46. The molecule has 1 amide bonds. The lowest BCUT2D eigenvalue weighted by atomic mass is 9.98. The molecule has 2 aromatic rings. The van der Waals surface area contributed by atoms with Gasteiger partial charge in [0.25, 0.3) is 0 Å². The summed E-state index contributed by atoms with van der Waals surface area (Å²) in [7, 11) is 0. The highest BCUT2D eigenvalue weighted by Gasteiger charge is 2.28. The maximum absolute atomic E-state index is 12.0. The summed E-state index contributed by atoms with van der Waals surface area (Å²) >= 11 is 1.15. The van der Waals surface area contributed by atoms with E-state index < -0.39 is 18.0 Å². The van der Waals surface area contributed by atoms with Gasteiger partial charge in [-0.25, -0.2) is 4.79 Å². The molecule has 2 aromatic carbocycles. The molecule has 0 aliphatic heterocycles. The minimum atomic E-state index is -0.916. The summed E-state index contributed by atoms with van der Waals surface area (Å²) in [6.07, 6.45) is 0.813. The number of carbonyl (C=O) groups excluding carboxylic acids is 2.